The summed E-state index contributed by atoms with van der Waals surface area (Å²) in [7, 11) is 1.86. The van der Waals surface area contributed by atoms with Gasteiger partial charge in [0.25, 0.3) is 0 Å². The molecule has 3 nitrogen and oxygen atoms in total. The zero-order chi connectivity index (χ0) is 11.7. The minimum Gasteiger partial charge on any atom is -0.508 e. The first-order chi connectivity index (χ1) is 7.63. The summed E-state index contributed by atoms with van der Waals surface area (Å²) in [6, 6.07) is 11.2. The highest BCUT2D eigenvalue weighted by atomic mass is 16.3. The molecule has 80 valence electrons. The molecule has 0 aliphatic rings. The van der Waals surface area contributed by atoms with Crippen LogP contribution in [0.15, 0.2) is 30.3 Å². The van der Waals surface area contributed by atoms with Crippen LogP contribution in [0.5, 0.6) is 5.75 Å². The fourth-order valence-electron chi connectivity index (χ4n) is 1.73. The first kappa shape index (κ1) is 10.3. The summed E-state index contributed by atoms with van der Waals surface area (Å²) in [5.74, 6) is 0.290. The lowest BCUT2D eigenvalue weighted by Gasteiger charge is -2.06. The number of phenols is 1. The molecular weight excluding hydrogens is 200 g/mol. The second-order valence-electron chi connectivity index (χ2n) is 3.78. The van der Waals surface area contributed by atoms with E-state index in [0.29, 0.717) is 11.4 Å². The Morgan fingerprint density at radius 1 is 1.25 bits per heavy atom. The molecule has 3 heteroatoms. The SMILES string of the molecule is Cc1cc(-c2ccc(C#N)n2C)ccc1O. The molecule has 1 heterocycles. The van der Waals surface area contributed by atoms with E-state index in [2.05, 4.69) is 6.07 Å². The van der Waals surface area contributed by atoms with Crippen molar-refractivity contribution in [3.63, 3.8) is 0 Å². The number of benzene rings is 1. The van der Waals surface area contributed by atoms with E-state index in [4.69, 9.17) is 5.26 Å². The molecule has 0 bridgehead atoms. The first-order valence-corrected chi connectivity index (χ1v) is 4.99. The zero-order valence-electron chi connectivity index (χ0n) is 9.23. The van der Waals surface area contributed by atoms with Crippen molar-refractivity contribution < 1.29 is 5.11 Å². The number of nitriles is 1. The predicted molar refractivity (Wildman–Crippen MR) is 62.0 cm³/mol. The lowest BCUT2D eigenvalue weighted by Crippen LogP contribution is -1.94. The van der Waals surface area contributed by atoms with Gasteiger partial charge in [-0.05, 0) is 48.4 Å². The van der Waals surface area contributed by atoms with Gasteiger partial charge in [0, 0.05) is 12.7 Å². The van der Waals surface area contributed by atoms with Crippen LogP contribution in [0.25, 0.3) is 11.3 Å². The van der Waals surface area contributed by atoms with Crippen molar-refractivity contribution in [2.24, 2.45) is 7.05 Å². The summed E-state index contributed by atoms with van der Waals surface area (Å²) >= 11 is 0. The number of hydrogen-bond donors (Lipinski definition) is 1. The Balaban J connectivity index is 2.55. The third-order valence-electron chi connectivity index (χ3n) is 2.73. The van der Waals surface area contributed by atoms with Gasteiger partial charge in [-0.25, -0.2) is 0 Å². The van der Waals surface area contributed by atoms with Crippen LogP contribution in [0.2, 0.25) is 0 Å². The molecule has 0 amide bonds. The summed E-state index contributed by atoms with van der Waals surface area (Å²) in [6.45, 7) is 1.85. The summed E-state index contributed by atoms with van der Waals surface area (Å²) < 4.78 is 1.84. The predicted octanol–water partition coefficient (Wildman–Crippen LogP) is 2.58. The van der Waals surface area contributed by atoms with Gasteiger partial charge >= 0.3 is 0 Å². The molecule has 0 fully saturated rings. The molecule has 1 N–H and O–H groups in total. The molecular formula is C13H12N2O. The van der Waals surface area contributed by atoms with E-state index in [9.17, 15) is 5.11 Å². The summed E-state index contributed by atoms with van der Waals surface area (Å²) in [5, 5.41) is 18.3. The molecule has 0 radical (unpaired) electrons. The largest absolute Gasteiger partial charge is 0.508 e. The highest BCUT2D eigenvalue weighted by Crippen LogP contribution is 2.26. The molecule has 0 aliphatic carbocycles. The molecule has 2 aromatic rings. The lowest BCUT2D eigenvalue weighted by molar-refractivity contribution is 0.471. The van der Waals surface area contributed by atoms with Crippen LogP contribution in [0, 0.1) is 18.3 Å². The Hall–Kier alpha value is -2.21. The minimum atomic E-state index is 0.290. The maximum Gasteiger partial charge on any atom is 0.120 e. The number of aryl methyl sites for hydroxylation is 1. The van der Waals surface area contributed by atoms with Gasteiger partial charge in [0.1, 0.15) is 17.5 Å². The van der Waals surface area contributed by atoms with Crippen LogP contribution in [-0.4, -0.2) is 9.67 Å². The standard InChI is InChI=1S/C13H12N2O/c1-9-7-10(3-6-13(9)16)12-5-4-11(8-14)15(12)2/h3-7,16H,1-2H3. The highest BCUT2D eigenvalue weighted by molar-refractivity contribution is 5.64. The van der Waals surface area contributed by atoms with Crippen molar-refractivity contribution in [3.8, 4) is 23.1 Å². The Bertz CT molecular complexity index is 576. The summed E-state index contributed by atoms with van der Waals surface area (Å²) in [4.78, 5) is 0. The van der Waals surface area contributed by atoms with Crippen molar-refractivity contribution >= 4 is 0 Å². The van der Waals surface area contributed by atoms with Gasteiger partial charge in [-0.1, -0.05) is 0 Å². The molecule has 0 saturated heterocycles. The second-order valence-corrected chi connectivity index (χ2v) is 3.78. The van der Waals surface area contributed by atoms with Gasteiger partial charge in [-0.3, -0.25) is 0 Å². The summed E-state index contributed by atoms with van der Waals surface area (Å²) in [5.41, 5.74) is 3.43. The van der Waals surface area contributed by atoms with Gasteiger partial charge in [0.15, 0.2) is 0 Å². The number of hydrogen-bond acceptors (Lipinski definition) is 2. The molecule has 2 rings (SSSR count). The molecule has 0 aliphatic heterocycles. The van der Waals surface area contributed by atoms with E-state index in [-0.39, 0.29) is 0 Å². The average Bonchev–Trinajstić information content (AvgIpc) is 2.64. The van der Waals surface area contributed by atoms with E-state index in [1.165, 1.54) is 0 Å². The molecule has 0 unspecified atom stereocenters. The molecule has 16 heavy (non-hydrogen) atoms. The van der Waals surface area contributed by atoms with Crippen LogP contribution in [0.4, 0.5) is 0 Å². The van der Waals surface area contributed by atoms with E-state index < -0.39 is 0 Å². The van der Waals surface area contributed by atoms with Crippen LogP contribution >= 0.6 is 0 Å². The minimum absolute atomic E-state index is 0.290. The van der Waals surface area contributed by atoms with Crippen LogP contribution < -0.4 is 0 Å². The van der Waals surface area contributed by atoms with Gasteiger partial charge < -0.3 is 9.67 Å². The van der Waals surface area contributed by atoms with Gasteiger partial charge in [-0.15, -0.1) is 0 Å². The molecule has 0 saturated carbocycles. The van der Waals surface area contributed by atoms with E-state index >= 15 is 0 Å². The Labute approximate surface area is 94.2 Å². The van der Waals surface area contributed by atoms with Crippen molar-refractivity contribution in [2.45, 2.75) is 6.92 Å². The normalized spacial score (nSPS) is 10.1. The van der Waals surface area contributed by atoms with Gasteiger partial charge in [0.05, 0.1) is 0 Å². The number of nitrogens with zero attached hydrogens (tertiary/aromatic N) is 2. The van der Waals surface area contributed by atoms with Crippen LogP contribution in [0.1, 0.15) is 11.3 Å². The van der Waals surface area contributed by atoms with Crippen LogP contribution in [0.3, 0.4) is 0 Å². The average molecular weight is 212 g/mol. The zero-order valence-corrected chi connectivity index (χ0v) is 9.23. The highest BCUT2D eigenvalue weighted by Gasteiger charge is 2.07. The van der Waals surface area contributed by atoms with E-state index in [1.807, 2.05) is 36.7 Å². The monoisotopic (exact) mass is 212 g/mol. The van der Waals surface area contributed by atoms with Crippen molar-refractivity contribution in [1.82, 2.24) is 4.57 Å². The molecule has 0 atom stereocenters. The van der Waals surface area contributed by atoms with Gasteiger partial charge in [-0.2, -0.15) is 5.26 Å². The third-order valence-corrected chi connectivity index (χ3v) is 2.73. The maximum atomic E-state index is 9.45. The molecule has 1 aromatic carbocycles. The fraction of sp³-hybridized carbons (Fsp3) is 0.154. The van der Waals surface area contributed by atoms with Gasteiger partial charge in [0.2, 0.25) is 0 Å². The number of rotatable bonds is 1. The number of aromatic hydroxyl groups is 1. The van der Waals surface area contributed by atoms with E-state index in [0.717, 1.165) is 16.8 Å². The molecule has 0 spiro atoms. The van der Waals surface area contributed by atoms with Crippen molar-refractivity contribution in [3.05, 3.63) is 41.6 Å². The van der Waals surface area contributed by atoms with Crippen molar-refractivity contribution in [1.29, 1.82) is 5.26 Å². The smallest absolute Gasteiger partial charge is 0.120 e. The quantitative estimate of drug-likeness (QED) is 0.789. The summed E-state index contributed by atoms with van der Waals surface area (Å²) in [6.07, 6.45) is 0. The fourth-order valence-corrected chi connectivity index (χ4v) is 1.73. The topological polar surface area (TPSA) is 49.0 Å². The Morgan fingerprint density at radius 2 is 2.00 bits per heavy atom. The Morgan fingerprint density at radius 3 is 2.56 bits per heavy atom. The van der Waals surface area contributed by atoms with Crippen LogP contribution in [-0.2, 0) is 7.05 Å². The first-order valence-electron chi connectivity index (χ1n) is 4.99. The third kappa shape index (κ3) is 1.55. The number of aromatic nitrogens is 1. The van der Waals surface area contributed by atoms with E-state index in [1.54, 1.807) is 12.1 Å². The number of phenolic OH excluding ortho intramolecular Hbond substituents is 1. The molecule has 1 aromatic heterocycles. The lowest BCUT2D eigenvalue weighted by atomic mass is 10.1. The maximum absolute atomic E-state index is 9.45. The van der Waals surface area contributed by atoms with Crippen molar-refractivity contribution in [2.75, 3.05) is 0 Å². The second kappa shape index (κ2) is 3.74. The Kier molecular flexibility index (Phi) is 2.41.